The fourth-order valence-corrected chi connectivity index (χ4v) is 2.00. The summed E-state index contributed by atoms with van der Waals surface area (Å²) in [6.07, 6.45) is 2.88. The van der Waals surface area contributed by atoms with E-state index in [2.05, 4.69) is 26.2 Å². The number of carbonyl (C=O) groups is 1. The molecule has 2 rings (SSSR count). The van der Waals surface area contributed by atoms with E-state index in [4.69, 9.17) is 16.9 Å². The van der Waals surface area contributed by atoms with Crippen LogP contribution >= 0.6 is 27.5 Å². The maximum absolute atomic E-state index is 12.1. The fourth-order valence-electron chi connectivity index (χ4n) is 1.45. The van der Waals surface area contributed by atoms with Gasteiger partial charge in [0.05, 0.1) is 21.8 Å². The van der Waals surface area contributed by atoms with Crippen LogP contribution < -0.4 is 5.32 Å². The number of anilines is 1. The Kier molecular flexibility index (Phi) is 4.15. The monoisotopic (exact) mass is 335 g/mol. The molecule has 0 saturated heterocycles. The summed E-state index contributed by atoms with van der Waals surface area (Å²) in [5.74, 6) is -0.410. The summed E-state index contributed by atoms with van der Waals surface area (Å²) >= 11 is 9.20. The molecule has 1 N–H and O–H groups in total. The Labute approximate surface area is 123 Å². The lowest BCUT2D eigenvalue weighted by Gasteiger charge is -2.08. The third-order valence-corrected chi connectivity index (χ3v) is 3.19. The quantitative estimate of drug-likeness (QED) is 0.911. The fraction of sp³-hybridized carbons (Fsp3) is 0. The summed E-state index contributed by atoms with van der Waals surface area (Å²) in [6, 6.07) is 8.54. The van der Waals surface area contributed by atoms with E-state index in [1.165, 1.54) is 18.5 Å². The van der Waals surface area contributed by atoms with Crippen molar-refractivity contribution >= 4 is 39.1 Å². The van der Waals surface area contributed by atoms with Gasteiger partial charge in [0.25, 0.3) is 5.91 Å². The number of amides is 1. The van der Waals surface area contributed by atoms with Crippen molar-refractivity contribution in [2.24, 2.45) is 0 Å². The molecule has 0 radical (unpaired) electrons. The van der Waals surface area contributed by atoms with Gasteiger partial charge in [-0.2, -0.15) is 5.26 Å². The lowest BCUT2D eigenvalue weighted by Crippen LogP contribution is -2.13. The molecule has 0 atom stereocenters. The van der Waals surface area contributed by atoms with Gasteiger partial charge in [0.2, 0.25) is 0 Å². The first kappa shape index (κ1) is 13.5. The Bertz CT molecular complexity index is 682. The highest BCUT2D eigenvalue weighted by Gasteiger charge is 2.12. The summed E-state index contributed by atoms with van der Waals surface area (Å²) in [7, 11) is 0. The molecule has 1 heterocycles. The van der Waals surface area contributed by atoms with Gasteiger partial charge in [-0.15, -0.1) is 0 Å². The highest BCUT2D eigenvalue weighted by Crippen LogP contribution is 2.22. The van der Waals surface area contributed by atoms with Crippen LogP contribution in [0.25, 0.3) is 0 Å². The normalized spacial score (nSPS) is 9.74. The number of hydrogen-bond donors (Lipinski definition) is 1. The predicted molar refractivity (Wildman–Crippen MR) is 76.1 cm³/mol. The molecule has 0 aliphatic heterocycles. The Morgan fingerprint density at radius 2 is 2.21 bits per heavy atom. The van der Waals surface area contributed by atoms with Crippen LogP contribution in [0.4, 0.5) is 5.69 Å². The molecule has 0 saturated carbocycles. The second-order valence-electron chi connectivity index (χ2n) is 3.61. The summed E-state index contributed by atoms with van der Waals surface area (Å²) in [6.45, 7) is 0. The Hall–Kier alpha value is -1.90. The molecule has 94 valence electrons. The molecular formula is C13H7BrClN3O. The second kappa shape index (κ2) is 5.83. The number of hydrogen-bond acceptors (Lipinski definition) is 3. The first-order chi connectivity index (χ1) is 9.11. The van der Waals surface area contributed by atoms with Crippen molar-refractivity contribution in [1.29, 1.82) is 5.26 Å². The molecule has 2 aromatic rings. The molecule has 0 aliphatic rings. The van der Waals surface area contributed by atoms with Crippen molar-refractivity contribution in [3.05, 3.63) is 57.3 Å². The maximum atomic E-state index is 12.1. The molecule has 0 aliphatic carbocycles. The SMILES string of the molecule is N#Cc1ccc(Br)cc1NC(=O)c1cnccc1Cl. The van der Waals surface area contributed by atoms with E-state index in [0.717, 1.165) is 4.47 Å². The molecule has 6 heteroatoms. The van der Waals surface area contributed by atoms with E-state index < -0.39 is 5.91 Å². The largest absolute Gasteiger partial charge is 0.321 e. The van der Waals surface area contributed by atoms with E-state index in [-0.39, 0.29) is 5.56 Å². The lowest BCUT2D eigenvalue weighted by atomic mass is 10.2. The molecule has 0 spiro atoms. The zero-order valence-corrected chi connectivity index (χ0v) is 11.9. The first-order valence-electron chi connectivity index (χ1n) is 5.22. The standard InChI is InChI=1S/C13H7BrClN3O/c14-9-2-1-8(6-16)12(5-9)18-13(19)10-7-17-4-3-11(10)15/h1-5,7H,(H,18,19). The van der Waals surface area contributed by atoms with Crippen LogP contribution in [-0.2, 0) is 0 Å². The van der Waals surface area contributed by atoms with Gasteiger partial charge in [-0.1, -0.05) is 27.5 Å². The summed E-state index contributed by atoms with van der Waals surface area (Å²) in [5, 5.41) is 11.9. The maximum Gasteiger partial charge on any atom is 0.258 e. The van der Waals surface area contributed by atoms with E-state index in [1.54, 1.807) is 18.2 Å². The third-order valence-electron chi connectivity index (χ3n) is 2.36. The number of nitriles is 1. The smallest absolute Gasteiger partial charge is 0.258 e. The van der Waals surface area contributed by atoms with E-state index in [9.17, 15) is 4.79 Å². The minimum absolute atomic E-state index is 0.257. The van der Waals surface area contributed by atoms with Crippen molar-refractivity contribution in [3.8, 4) is 6.07 Å². The molecule has 0 bridgehead atoms. The van der Waals surface area contributed by atoms with Gasteiger partial charge < -0.3 is 5.32 Å². The van der Waals surface area contributed by atoms with Gasteiger partial charge in [0, 0.05) is 16.9 Å². The van der Waals surface area contributed by atoms with Crippen molar-refractivity contribution in [2.75, 3.05) is 5.32 Å². The van der Waals surface area contributed by atoms with E-state index >= 15 is 0 Å². The van der Waals surface area contributed by atoms with Gasteiger partial charge in [0.1, 0.15) is 6.07 Å². The van der Waals surface area contributed by atoms with Crippen LogP contribution in [0.5, 0.6) is 0 Å². The minimum Gasteiger partial charge on any atom is -0.321 e. The van der Waals surface area contributed by atoms with Crippen LogP contribution in [0.1, 0.15) is 15.9 Å². The molecule has 1 aromatic carbocycles. The molecule has 19 heavy (non-hydrogen) atoms. The van der Waals surface area contributed by atoms with Crippen LogP contribution in [0.2, 0.25) is 5.02 Å². The summed E-state index contributed by atoms with van der Waals surface area (Å²) < 4.78 is 0.763. The molecule has 1 aromatic heterocycles. The highest BCUT2D eigenvalue weighted by atomic mass is 79.9. The Balaban J connectivity index is 2.32. The number of pyridine rings is 1. The average molecular weight is 337 g/mol. The number of aromatic nitrogens is 1. The van der Waals surface area contributed by atoms with Gasteiger partial charge in [-0.25, -0.2) is 0 Å². The van der Waals surface area contributed by atoms with Gasteiger partial charge in [0.15, 0.2) is 0 Å². The zero-order valence-electron chi connectivity index (χ0n) is 9.52. The minimum atomic E-state index is -0.410. The number of benzene rings is 1. The average Bonchev–Trinajstić information content (AvgIpc) is 2.39. The predicted octanol–water partition coefficient (Wildman–Crippen LogP) is 3.62. The van der Waals surface area contributed by atoms with Crippen LogP contribution in [0.15, 0.2) is 41.1 Å². The van der Waals surface area contributed by atoms with E-state index in [1.807, 2.05) is 6.07 Å². The van der Waals surface area contributed by atoms with Crippen LogP contribution in [-0.4, -0.2) is 10.9 Å². The Morgan fingerprint density at radius 3 is 2.89 bits per heavy atom. The Morgan fingerprint density at radius 1 is 1.42 bits per heavy atom. The number of nitrogens with zero attached hydrogens (tertiary/aromatic N) is 2. The summed E-state index contributed by atoms with van der Waals surface area (Å²) in [5.41, 5.74) is 1.05. The molecule has 4 nitrogen and oxygen atoms in total. The van der Waals surface area contributed by atoms with Crippen molar-refractivity contribution in [1.82, 2.24) is 4.98 Å². The van der Waals surface area contributed by atoms with Gasteiger partial charge in [-0.3, -0.25) is 9.78 Å². The molecule has 0 fully saturated rings. The zero-order chi connectivity index (χ0) is 13.8. The first-order valence-corrected chi connectivity index (χ1v) is 6.39. The summed E-state index contributed by atoms with van der Waals surface area (Å²) in [4.78, 5) is 15.9. The topological polar surface area (TPSA) is 65.8 Å². The number of halogens is 2. The third kappa shape index (κ3) is 3.11. The molecule has 1 amide bonds. The van der Waals surface area contributed by atoms with Crippen molar-refractivity contribution in [3.63, 3.8) is 0 Å². The molecule has 0 unspecified atom stereocenters. The van der Waals surface area contributed by atoms with Crippen molar-refractivity contribution in [2.45, 2.75) is 0 Å². The van der Waals surface area contributed by atoms with Crippen LogP contribution in [0.3, 0.4) is 0 Å². The molecular weight excluding hydrogens is 330 g/mol. The van der Waals surface area contributed by atoms with Crippen LogP contribution in [0, 0.1) is 11.3 Å². The van der Waals surface area contributed by atoms with Gasteiger partial charge >= 0.3 is 0 Å². The second-order valence-corrected chi connectivity index (χ2v) is 4.93. The number of rotatable bonds is 2. The lowest BCUT2D eigenvalue weighted by molar-refractivity contribution is 0.102. The van der Waals surface area contributed by atoms with Crippen molar-refractivity contribution < 1.29 is 4.79 Å². The van der Waals surface area contributed by atoms with Gasteiger partial charge in [-0.05, 0) is 24.3 Å². The number of carbonyl (C=O) groups excluding carboxylic acids is 1. The highest BCUT2D eigenvalue weighted by molar-refractivity contribution is 9.10. The van der Waals surface area contributed by atoms with E-state index in [0.29, 0.717) is 16.3 Å². The number of nitrogens with one attached hydrogen (secondary N) is 1.